The second-order valence-corrected chi connectivity index (χ2v) is 6.94. The molecule has 26 heavy (non-hydrogen) atoms. The highest BCUT2D eigenvalue weighted by molar-refractivity contribution is 6.01. The molecule has 0 aromatic heterocycles. The van der Waals surface area contributed by atoms with Crippen LogP contribution in [0.3, 0.4) is 0 Å². The van der Waals surface area contributed by atoms with Gasteiger partial charge in [-0.25, -0.2) is 8.78 Å². The van der Waals surface area contributed by atoms with Crippen LogP contribution in [0.5, 0.6) is 0 Å². The summed E-state index contributed by atoms with van der Waals surface area (Å²) >= 11 is 0. The maximum atomic E-state index is 14.3. The van der Waals surface area contributed by atoms with E-state index in [9.17, 15) is 8.78 Å². The van der Waals surface area contributed by atoms with E-state index in [-0.39, 0.29) is 11.7 Å². The van der Waals surface area contributed by atoms with Crippen molar-refractivity contribution in [2.45, 2.75) is 31.8 Å². The Labute approximate surface area is 151 Å². The van der Waals surface area contributed by atoms with Gasteiger partial charge in [0, 0.05) is 30.8 Å². The molecule has 1 unspecified atom stereocenters. The van der Waals surface area contributed by atoms with Gasteiger partial charge in [-0.1, -0.05) is 30.7 Å². The predicted molar refractivity (Wildman–Crippen MR) is 98.9 cm³/mol. The summed E-state index contributed by atoms with van der Waals surface area (Å²) in [4.78, 5) is 2.20. The zero-order valence-corrected chi connectivity index (χ0v) is 14.5. The summed E-state index contributed by atoms with van der Waals surface area (Å²) in [5.41, 5.74) is 8.63. The van der Waals surface area contributed by atoms with Gasteiger partial charge in [-0.2, -0.15) is 5.10 Å². The van der Waals surface area contributed by atoms with Crippen LogP contribution in [0.4, 0.5) is 14.5 Å². The van der Waals surface area contributed by atoms with E-state index >= 15 is 0 Å². The second kappa shape index (κ2) is 7.03. The molecule has 1 saturated heterocycles. The Morgan fingerprint density at radius 3 is 2.77 bits per heavy atom. The average Bonchev–Trinajstić information content (AvgIpc) is 2.85. The van der Waals surface area contributed by atoms with Gasteiger partial charge in [0.2, 0.25) is 0 Å². The molecule has 2 heterocycles. The summed E-state index contributed by atoms with van der Waals surface area (Å²) in [6.07, 6.45) is 3.16. The van der Waals surface area contributed by atoms with Crippen LogP contribution in [-0.2, 0) is 6.54 Å². The molecule has 0 aliphatic carbocycles. The van der Waals surface area contributed by atoms with Gasteiger partial charge in [-0.15, -0.1) is 0 Å². The lowest BCUT2D eigenvalue weighted by molar-refractivity contribution is 0.408. The Hall–Kier alpha value is -2.47. The summed E-state index contributed by atoms with van der Waals surface area (Å²) in [6, 6.07) is 11.7. The van der Waals surface area contributed by atoms with Crippen molar-refractivity contribution in [2.24, 2.45) is 10.8 Å². The highest BCUT2D eigenvalue weighted by atomic mass is 19.1. The number of nitrogens with zero attached hydrogens (tertiary/aromatic N) is 3. The molecule has 136 valence electrons. The van der Waals surface area contributed by atoms with Gasteiger partial charge < -0.3 is 10.6 Å². The van der Waals surface area contributed by atoms with Gasteiger partial charge in [-0.05, 0) is 30.5 Å². The molecule has 0 spiro atoms. The maximum Gasteiger partial charge on any atom is 0.156 e. The summed E-state index contributed by atoms with van der Waals surface area (Å²) in [5, 5.41) is 6.36. The lowest BCUT2D eigenvalue weighted by atomic mass is 10.0. The number of benzene rings is 2. The molecule has 0 saturated carbocycles. The summed E-state index contributed by atoms with van der Waals surface area (Å²) in [7, 11) is 0. The summed E-state index contributed by atoms with van der Waals surface area (Å²) < 4.78 is 27.6. The minimum Gasteiger partial charge on any atom is -0.353 e. The van der Waals surface area contributed by atoms with E-state index in [0.29, 0.717) is 6.54 Å². The minimum absolute atomic E-state index is 0.102. The number of hydrogen-bond acceptors (Lipinski definition) is 4. The second-order valence-electron chi connectivity index (χ2n) is 6.94. The third-order valence-electron chi connectivity index (χ3n) is 4.99. The van der Waals surface area contributed by atoms with Gasteiger partial charge in [-0.3, -0.25) is 5.01 Å². The number of fused-ring (bicyclic) bond motifs is 1. The van der Waals surface area contributed by atoms with Gasteiger partial charge in [0.15, 0.2) is 11.7 Å². The molecule has 2 N–H and O–H groups in total. The quantitative estimate of drug-likeness (QED) is 0.851. The number of likely N-dealkylation sites (tertiary alicyclic amines) is 1. The molecular weight excluding hydrogens is 334 g/mol. The predicted octanol–water partition coefficient (Wildman–Crippen LogP) is 3.46. The Morgan fingerprint density at radius 2 is 1.92 bits per heavy atom. The van der Waals surface area contributed by atoms with E-state index in [1.807, 2.05) is 24.3 Å². The zero-order chi connectivity index (χ0) is 18.1. The molecule has 2 aromatic rings. The van der Waals surface area contributed by atoms with Crippen molar-refractivity contribution in [3.63, 3.8) is 0 Å². The molecule has 6 heteroatoms. The fraction of sp³-hybridized carbons (Fsp3) is 0.350. The van der Waals surface area contributed by atoms with E-state index in [1.54, 1.807) is 5.01 Å². The molecule has 0 amide bonds. The van der Waals surface area contributed by atoms with Crippen molar-refractivity contribution in [2.75, 3.05) is 18.1 Å². The highest BCUT2D eigenvalue weighted by Gasteiger charge is 2.27. The molecule has 2 aromatic carbocycles. The molecule has 1 atom stereocenters. The Balaban J connectivity index is 1.76. The maximum absolute atomic E-state index is 14.3. The van der Waals surface area contributed by atoms with Crippen LogP contribution >= 0.6 is 0 Å². The minimum atomic E-state index is -0.611. The first kappa shape index (κ1) is 17.0. The Kier molecular flexibility index (Phi) is 4.59. The van der Waals surface area contributed by atoms with Crippen molar-refractivity contribution in [3.05, 3.63) is 65.2 Å². The number of rotatable bonds is 1. The van der Waals surface area contributed by atoms with Crippen LogP contribution < -0.4 is 10.7 Å². The van der Waals surface area contributed by atoms with Crippen LogP contribution in [0.25, 0.3) is 0 Å². The van der Waals surface area contributed by atoms with Crippen molar-refractivity contribution >= 4 is 11.5 Å². The molecule has 2 aliphatic rings. The first-order valence-electron chi connectivity index (χ1n) is 9.02. The smallest absolute Gasteiger partial charge is 0.156 e. The number of nitrogens with two attached hydrogens (primary N) is 1. The van der Waals surface area contributed by atoms with Gasteiger partial charge in [0.05, 0.1) is 12.2 Å². The number of halogens is 2. The van der Waals surface area contributed by atoms with Crippen molar-refractivity contribution < 1.29 is 8.78 Å². The summed E-state index contributed by atoms with van der Waals surface area (Å²) in [5.74, 6) is -0.390. The zero-order valence-electron chi connectivity index (χ0n) is 14.5. The third kappa shape index (κ3) is 3.29. The molecule has 4 nitrogen and oxygen atoms in total. The number of anilines is 1. The normalized spacial score (nSPS) is 20.4. The molecule has 1 fully saturated rings. The Bertz CT molecular complexity index is 836. The molecule has 0 radical (unpaired) electrons. The number of amidine groups is 1. The fourth-order valence-electron chi connectivity index (χ4n) is 3.67. The van der Waals surface area contributed by atoms with Crippen molar-refractivity contribution in [1.82, 2.24) is 4.90 Å². The topological polar surface area (TPSA) is 44.9 Å². The van der Waals surface area contributed by atoms with Crippen LogP contribution in [0.15, 0.2) is 47.6 Å². The van der Waals surface area contributed by atoms with Crippen LogP contribution in [-0.4, -0.2) is 29.9 Å². The van der Waals surface area contributed by atoms with Crippen LogP contribution in [0, 0.1) is 11.6 Å². The summed E-state index contributed by atoms with van der Waals surface area (Å²) in [6.45, 7) is 2.05. The Morgan fingerprint density at radius 1 is 1.08 bits per heavy atom. The lowest BCUT2D eigenvalue weighted by Gasteiger charge is -2.34. The van der Waals surface area contributed by atoms with Crippen LogP contribution in [0.2, 0.25) is 0 Å². The van der Waals surface area contributed by atoms with E-state index in [2.05, 4.69) is 4.90 Å². The fourth-order valence-corrected chi connectivity index (χ4v) is 3.67. The van der Waals surface area contributed by atoms with E-state index in [1.165, 1.54) is 12.1 Å². The monoisotopic (exact) mass is 356 g/mol. The first-order valence-corrected chi connectivity index (χ1v) is 9.02. The van der Waals surface area contributed by atoms with Crippen LogP contribution in [0.1, 0.15) is 30.4 Å². The van der Waals surface area contributed by atoms with Crippen molar-refractivity contribution in [1.29, 1.82) is 0 Å². The molecule has 4 rings (SSSR count). The van der Waals surface area contributed by atoms with E-state index < -0.39 is 11.6 Å². The number of hydrazone groups is 1. The highest BCUT2D eigenvalue weighted by Crippen LogP contribution is 2.29. The van der Waals surface area contributed by atoms with Gasteiger partial charge in [0.25, 0.3) is 0 Å². The number of hydrogen-bond donors (Lipinski definition) is 1. The standard InChI is InChI=1S/C20H22F2N4/c21-15-8-9-19(18(22)11-15)26-12-14-5-1-2-7-17(14)20(24-26)25-10-4-3-6-16(23)13-25/h1-2,5,7-9,11,16H,3-4,6,10,12-13,23H2. The SMILES string of the molecule is NC1CCCCN(C2=NN(c3ccc(F)cc3F)Cc3ccccc32)C1. The molecule has 0 bridgehead atoms. The van der Waals surface area contributed by atoms with Gasteiger partial charge in [0.1, 0.15) is 5.82 Å². The van der Waals surface area contributed by atoms with E-state index in [4.69, 9.17) is 10.8 Å². The average molecular weight is 356 g/mol. The molecular formula is C20H22F2N4. The van der Waals surface area contributed by atoms with Gasteiger partial charge >= 0.3 is 0 Å². The van der Waals surface area contributed by atoms with E-state index in [0.717, 1.165) is 55.4 Å². The largest absolute Gasteiger partial charge is 0.353 e. The first-order chi connectivity index (χ1) is 12.6. The lowest BCUT2D eigenvalue weighted by Crippen LogP contribution is -2.43. The molecule has 2 aliphatic heterocycles. The third-order valence-corrected chi connectivity index (χ3v) is 4.99. The van der Waals surface area contributed by atoms with Crippen molar-refractivity contribution in [3.8, 4) is 0 Å².